The number of carbonyl (C=O) groups excluding carboxylic acids is 1. The maximum Gasteiger partial charge on any atom is 0.346 e. The lowest BCUT2D eigenvalue weighted by atomic mass is 9.75. The lowest BCUT2D eigenvalue weighted by Crippen LogP contribution is -2.65. The summed E-state index contributed by atoms with van der Waals surface area (Å²) in [7, 11) is 0. The minimum absolute atomic E-state index is 0.151. The molecule has 1 saturated carbocycles. The summed E-state index contributed by atoms with van der Waals surface area (Å²) in [4.78, 5) is 13.6. The molecule has 5 heteroatoms. The molecule has 4 fully saturated rings. The van der Waals surface area contributed by atoms with Gasteiger partial charge in [0.25, 0.3) is 0 Å². The van der Waals surface area contributed by atoms with E-state index in [1.165, 1.54) is 11.8 Å². The normalized spacial score (nSPS) is 31.1. The van der Waals surface area contributed by atoms with Crippen LogP contribution < -0.4 is 0 Å². The molecule has 1 aromatic heterocycles. The van der Waals surface area contributed by atoms with Crippen molar-refractivity contribution in [3.05, 3.63) is 60.1 Å². The van der Waals surface area contributed by atoms with Gasteiger partial charge in [0.05, 0.1) is 19.4 Å². The van der Waals surface area contributed by atoms with Gasteiger partial charge in [0.1, 0.15) is 18.3 Å². The Morgan fingerprint density at radius 3 is 2.44 bits per heavy atom. The topological polar surface area (TPSA) is 59.7 Å². The number of quaternary nitrogens is 1. The molecule has 1 aromatic carbocycles. The maximum absolute atomic E-state index is 13.6. The summed E-state index contributed by atoms with van der Waals surface area (Å²) in [5, 5.41) is 11.7. The molecule has 1 unspecified atom stereocenters. The highest BCUT2D eigenvalue weighted by Gasteiger charge is 2.54. The third-order valence-corrected chi connectivity index (χ3v) is 8.73. The molecule has 4 heterocycles. The highest BCUT2D eigenvalue weighted by molar-refractivity contribution is 5.81. The number of benzene rings is 1. The Bertz CT molecular complexity index is 897. The molecule has 1 aliphatic carbocycles. The van der Waals surface area contributed by atoms with Crippen LogP contribution in [0.2, 0.25) is 0 Å². The van der Waals surface area contributed by atoms with E-state index in [2.05, 4.69) is 37.3 Å². The van der Waals surface area contributed by atoms with Crippen LogP contribution >= 0.6 is 0 Å². The zero-order chi connectivity index (χ0) is 22.2. The largest absolute Gasteiger partial charge is 0.466 e. The van der Waals surface area contributed by atoms with E-state index in [-0.39, 0.29) is 12.0 Å². The lowest BCUT2D eigenvalue weighted by Gasteiger charge is -2.55. The Labute approximate surface area is 191 Å². The molecular weight excluding hydrogens is 402 g/mol. The van der Waals surface area contributed by atoms with E-state index in [0.29, 0.717) is 17.7 Å². The summed E-state index contributed by atoms with van der Waals surface area (Å²) in [5.74, 6) is 0.0531. The van der Waals surface area contributed by atoms with Crippen molar-refractivity contribution in [2.75, 3.05) is 19.6 Å². The van der Waals surface area contributed by atoms with Gasteiger partial charge < -0.3 is 18.7 Å². The quantitative estimate of drug-likeness (QED) is 0.511. The van der Waals surface area contributed by atoms with Crippen molar-refractivity contribution in [1.29, 1.82) is 0 Å². The standard InChI is InChI=1S/C27H36NO4/c1-20(21-9-4-2-5-10-21)28-16-14-22(15-17-28)24(19-28)32-26(29)27(30,25-13-8-18-31-25)23-11-6-3-7-12-23/h2,4-5,8-10,13,18,20,22-24,30H,3,6-7,11-12,14-17,19H2,1H3/q+1/t20?,22?,24-,27-,28?/m0/s1. The van der Waals surface area contributed by atoms with E-state index in [9.17, 15) is 9.90 Å². The fourth-order valence-corrected chi connectivity index (χ4v) is 6.60. The second kappa shape index (κ2) is 8.68. The fourth-order valence-electron chi connectivity index (χ4n) is 6.60. The van der Waals surface area contributed by atoms with Crippen LogP contribution in [0.3, 0.4) is 0 Å². The number of furan rings is 1. The fraction of sp³-hybridized carbons (Fsp3) is 0.593. The van der Waals surface area contributed by atoms with E-state index < -0.39 is 11.6 Å². The molecule has 6 rings (SSSR count). The third-order valence-electron chi connectivity index (χ3n) is 8.73. The predicted molar refractivity (Wildman–Crippen MR) is 122 cm³/mol. The third kappa shape index (κ3) is 3.69. The van der Waals surface area contributed by atoms with Crippen molar-refractivity contribution >= 4 is 5.97 Å². The number of fused-ring (bicyclic) bond motifs is 3. The summed E-state index contributed by atoms with van der Waals surface area (Å²) < 4.78 is 12.8. The second-order valence-corrected chi connectivity index (χ2v) is 10.3. The molecule has 3 atom stereocenters. The number of piperidine rings is 3. The van der Waals surface area contributed by atoms with Crippen molar-refractivity contribution in [3.8, 4) is 0 Å². The number of hydrogen-bond acceptors (Lipinski definition) is 4. The molecule has 0 spiro atoms. The van der Waals surface area contributed by atoms with Crippen LogP contribution in [-0.2, 0) is 15.1 Å². The zero-order valence-electron chi connectivity index (χ0n) is 19.1. The van der Waals surface area contributed by atoms with Gasteiger partial charge in [-0.3, -0.25) is 0 Å². The predicted octanol–water partition coefficient (Wildman–Crippen LogP) is 4.96. The van der Waals surface area contributed by atoms with Crippen LogP contribution in [0.5, 0.6) is 0 Å². The van der Waals surface area contributed by atoms with Gasteiger partial charge in [0.2, 0.25) is 5.60 Å². The van der Waals surface area contributed by atoms with E-state index in [0.717, 1.165) is 69.1 Å². The van der Waals surface area contributed by atoms with Crippen LogP contribution in [0.25, 0.3) is 0 Å². The van der Waals surface area contributed by atoms with Gasteiger partial charge >= 0.3 is 5.97 Å². The van der Waals surface area contributed by atoms with Gasteiger partial charge in [0.15, 0.2) is 6.10 Å². The van der Waals surface area contributed by atoms with E-state index in [4.69, 9.17) is 9.15 Å². The first kappa shape index (κ1) is 21.7. The molecule has 2 aromatic rings. The molecule has 4 aliphatic rings. The van der Waals surface area contributed by atoms with Crippen LogP contribution in [-0.4, -0.2) is 41.3 Å². The Balaban J connectivity index is 1.37. The highest BCUT2D eigenvalue weighted by atomic mass is 16.6. The van der Waals surface area contributed by atoms with E-state index in [1.807, 2.05) is 0 Å². The van der Waals surface area contributed by atoms with Crippen molar-refractivity contribution in [1.82, 2.24) is 0 Å². The Hall–Kier alpha value is -2.11. The van der Waals surface area contributed by atoms with Crippen molar-refractivity contribution in [3.63, 3.8) is 0 Å². The maximum atomic E-state index is 13.6. The highest BCUT2D eigenvalue weighted by Crippen LogP contribution is 2.45. The lowest BCUT2D eigenvalue weighted by molar-refractivity contribution is -0.972. The summed E-state index contributed by atoms with van der Waals surface area (Å²) in [6.07, 6.45) is 8.38. The minimum Gasteiger partial charge on any atom is -0.466 e. The molecule has 2 bridgehead atoms. The van der Waals surface area contributed by atoms with E-state index >= 15 is 0 Å². The minimum atomic E-state index is -1.69. The molecule has 3 aliphatic heterocycles. The number of hydrogen-bond donors (Lipinski definition) is 1. The molecule has 5 nitrogen and oxygen atoms in total. The van der Waals surface area contributed by atoms with Gasteiger partial charge in [-0.25, -0.2) is 4.79 Å². The van der Waals surface area contributed by atoms with Gasteiger partial charge in [0, 0.05) is 30.2 Å². The van der Waals surface area contributed by atoms with Crippen LogP contribution in [0.15, 0.2) is 53.1 Å². The molecule has 1 N–H and O–H groups in total. The average molecular weight is 439 g/mol. The summed E-state index contributed by atoms with van der Waals surface area (Å²) >= 11 is 0. The monoisotopic (exact) mass is 438 g/mol. The number of rotatable bonds is 6. The zero-order valence-corrected chi connectivity index (χ0v) is 19.1. The Kier molecular flexibility index (Phi) is 5.89. The molecular formula is C27H36NO4+. The SMILES string of the molecule is CC(c1ccccc1)[N+]12CCC(CC1)[C@@H](OC(=O)[C@@](O)(c1ccco1)C1CCCCC1)C2. The van der Waals surface area contributed by atoms with Crippen LogP contribution in [0.1, 0.15) is 69.2 Å². The number of nitrogens with zero attached hydrogens (tertiary/aromatic N) is 1. The number of aliphatic hydroxyl groups is 1. The summed E-state index contributed by atoms with van der Waals surface area (Å²) in [6.45, 7) is 5.38. The van der Waals surface area contributed by atoms with Gasteiger partial charge in [-0.05, 0) is 31.9 Å². The smallest absolute Gasteiger partial charge is 0.346 e. The van der Waals surface area contributed by atoms with Crippen molar-refractivity contribution in [2.45, 2.75) is 69.6 Å². The first-order valence-corrected chi connectivity index (χ1v) is 12.4. The molecule has 0 radical (unpaired) electrons. The molecule has 172 valence electrons. The molecule has 32 heavy (non-hydrogen) atoms. The summed E-state index contributed by atoms with van der Waals surface area (Å²) in [5.41, 5.74) is -0.349. The number of carbonyl (C=O) groups is 1. The Morgan fingerprint density at radius 2 is 1.78 bits per heavy atom. The summed E-state index contributed by atoms with van der Waals surface area (Å²) in [6, 6.07) is 14.5. The molecule has 0 amide bonds. The van der Waals surface area contributed by atoms with Gasteiger partial charge in [-0.2, -0.15) is 0 Å². The van der Waals surface area contributed by atoms with Crippen molar-refractivity contribution < 1.29 is 23.5 Å². The first-order chi connectivity index (χ1) is 15.5. The van der Waals surface area contributed by atoms with Gasteiger partial charge in [-0.15, -0.1) is 0 Å². The van der Waals surface area contributed by atoms with Crippen LogP contribution in [0.4, 0.5) is 0 Å². The number of esters is 1. The Morgan fingerprint density at radius 1 is 1.06 bits per heavy atom. The van der Waals surface area contributed by atoms with E-state index in [1.54, 1.807) is 12.1 Å². The first-order valence-electron chi connectivity index (χ1n) is 12.4. The second-order valence-electron chi connectivity index (χ2n) is 10.3. The average Bonchev–Trinajstić information content (AvgIpc) is 3.40. The van der Waals surface area contributed by atoms with Crippen LogP contribution in [0, 0.1) is 11.8 Å². The molecule has 3 saturated heterocycles. The van der Waals surface area contributed by atoms with Crippen molar-refractivity contribution in [2.24, 2.45) is 11.8 Å². The van der Waals surface area contributed by atoms with Gasteiger partial charge in [-0.1, -0.05) is 49.6 Å². The number of ether oxygens (including phenoxy) is 1.